The van der Waals surface area contributed by atoms with Gasteiger partial charge in [-0.2, -0.15) is 0 Å². The first-order chi connectivity index (χ1) is 19.8. The largest absolute Gasteiger partial charge is 0.475 e. The summed E-state index contributed by atoms with van der Waals surface area (Å²) in [5.74, 6) is -9.40. The van der Waals surface area contributed by atoms with Gasteiger partial charge in [-0.15, -0.1) is 0 Å². The van der Waals surface area contributed by atoms with E-state index in [4.69, 9.17) is 15.3 Å². The predicted molar refractivity (Wildman–Crippen MR) is 144 cm³/mol. The smallest absolute Gasteiger partial charge is 0.372 e. The Kier molecular flexibility index (Phi) is 17.2. The number of hydrogen-bond donors (Lipinski definition) is 3. The monoisotopic (exact) mass is 635 g/mol. The zero-order valence-corrected chi connectivity index (χ0v) is 23.2. The fraction of sp³-hybridized carbons (Fsp3) is 0.100. The first kappa shape index (κ1) is 37.6. The number of Topliss-reactive ketones (excluding diaryl/α,β-unsaturated/α-hetero) is 6. The molecule has 0 atom stereocenters. The number of carbonyl (C=O) groups excluding carboxylic acids is 6. The van der Waals surface area contributed by atoms with Crippen molar-refractivity contribution in [1.29, 1.82) is 0 Å². The second-order valence-corrected chi connectivity index (χ2v) is 8.08. The number of rotatable bonds is 12. The minimum absolute atomic E-state index is 0. The summed E-state index contributed by atoms with van der Waals surface area (Å²) in [6.07, 6.45) is -1.75. The number of carboxylic acid groups (broad SMARTS) is 3. The fourth-order valence-corrected chi connectivity index (χ4v) is 2.84. The molecule has 13 heteroatoms. The van der Waals surface area contributed by atoms with Gasteiger partial charge in [-0.1, -0.05) is 91.0 Å². The molecule has 0 bridgehead atoms. The molecule has 0 saturated carbocycles. The second kappa shape index (κ2) is 19.6. The van der Waals surface area contributed by atoms with Gasteiger partial charge < -0.3 is 15.3 Å². The third-order valence-corrected chi connectivity index (χ3v) is 4.97. The SMILES string of the molecule is O=C(O)C(=O)CC(=O)c1ccccc1.O=C(O)C(=O)CC(=O)c1ccccc1.O=C(O)C(=O)CC(=O)c1ccccc1.[Co]. The van der Waals surface area contributed by atoms with Gasteiger partial charge in [-0.05, 0) is 0 Å². The van der Waals surface area contributed by atoms with Crippen molar-refractivity contribution in [3.8, 4) is 0 Å². The van der Waals surface area contributed by atoms with E-state index >= 15 is 0 Å². The maximum Gasteiger partial charge on any atom is 0.372 e. The van der Waals surface area contributed by atoms with E-state index in [1.54, 1.807) is 54.6 Å². The number of carboxylic acids is 3. The Labute approximate surface area is 254 Å². The molecule has 0 spiro atoms. The molecule has 0 heterocycles. The molecule has 0 amide bonds. The Bertz CT molecular complexity index is 1290. The molecule has 3 rings (SSSR count). The van der Waals surface area contributed by atoms with E-state index in [0.29, 0.717) is 16.7 Å². The Balaban J connectivity index is 0.000000608. The molecule has 1 radical (unpaired) electrons. The van der Waals surface area contributed by atoms with Crippen LogP contribution in [0.1, 0.15) is 50.3 Å². The van der Waals surface area contributed by atoms with Crippen molar-refractivity contribution < 1.29 is 75.2 Å². The van der Waals surface area contributed by atoms with Gasteiger partial charge >= 0.3 is 17.9 Å². The Morgan fingerprint density at radius 3 is 0.721 bits per heavy atom. The maximum atomic E-state index is 11.3. The molecule has 0 aromatic heterocycles. The van der Waals surface area contributed by atoms with Crippen LogP contribution in [0.3, 0.4) is 0 Å². The molecule has 12 nitrogen and oxygen atoms in total. The number of ketones is 6. The van der Waals surface area contributed by atoms with Crippen molar-refractivity contribution >= 4 is 52.6 Å². The normalized spacial score (nSPS) is 9.21. The zero-order valence-electron chi connectivity index (χ0n) is 22.1. The van der Waals surface area contributed by atoms with Gasteiger partial charge in [0.05, 0.1) is 19.3 Å². The van der Waals surface area contributed by atoms with Crippen LogP contribution < -0.4 is 0 Å². The predicted octanol–water partition coefficient (Wildman–Crippen LogP) is 2.74. The molecule has 0 aliphatic carbocycles. The summed E-state index contributed by atoms with van der Waals surface area (Å²) in [7, 11) is 0. The number of benzene rings is 3. The minimum Gasteiger partial charge on any atom is -0.475 e. The molecule has 0 aliphatic heterocycles. The van der Waals surface area contributed by atoms with Crippen LogP contribution in [0.25, 0.3) is 0 Å². The van der Waals surface area contributed by atoms with Crippen LogP contribution in [0.4, 0.5) is 0 Å². The van der Waals surface area contributed by atoms with Gasteiger partial charge in [0.2, 0.25) is 17.3 Å². The van der Waals surface area contributed by atoms with Crippen LogP contribution in [0.5, 0.6) is 0 Å². The van der Waals surface area contributed by atoms with Gasteiger partial charge in [-0.25, -0.2) is 14.4 Å². The molecule has 3 aromatic carbocycles. The molecule has 0 fully saturated rings. The molecule has 0 unspecified atom stereocenters. The third kappa shape index (κ3) is 14.7. The number of hydrogen-bond acceptors (Lipinski definition) is 9. The topological polar surface area (TPSA) is 214 Å². The van der Waals surface area contributed by atoms with Crippen molar-refractivity contribution in [2.75, 3.05) is 0 Å². The quantitative estimate of drug-likeness (QED) is 0.149. The summed E-state index contributed by atoms with van der Waals surface area (Å²) >= 11 is 0. The van der Waals surface area contributed by atoms with E-state index < -0.39 is 71.9 Å². The van der Waals surface area contributed by atoms with Gasteiger partial charge in [0.25, 0.3) is 0 Å². The zero-order chi connectivity index (χ0) is 31.7. The Hall–Kier alpha value is -5.40. The molecular formula is C30H24CoO12. The molecule has 3 aromatic rings. The van der Waals surface area contributed by atoms with Crippen LogP contribution in [-0.2, 0) is 45.5 Å². The van der Waals surface area contributed by atoms with Crippen LogP contribution >= 0.6 is 0 Å². The van der Waals surface area contributed by atoms with Crippen molar-refractivity contribution in [3.05, 3.63) is 108 Å². The standard InChI is InChI=1S/3C10H8O4.Co/c3*11-8(6-9(12)10(13)14)7-4-2-1-3-5-7;/h3*1-5H,6H2,(H,13,14);. The second-order valence-electron chi connectivity index (χ2n) is 8.08. The molecule has 43 heavy (non-hydrogen) atoms. The first-order valence-electron chi connectivity index (χ1n) is 11.9. The number of aliphatic carboxylic acids is 3. The average molecular weight is 635 g/mol. The van der Waals surface area contributed by atoms with E-state index in [1.165, 1.54) is 36.4 Å². The molecule has 3 N–H and O–H groups in total. The minimum atomic E-state index is -1.57. The Morgan fingerprint density at radius 2 is 0.558 bits per heavy atom. The Morgan fingerprint density at radius 1 is 0.372 bits per heavy atom. The molecule has 0 aliphatic rings. The van der Waals surface area contributed by atoms with E-state index in [-0.39, 0.29) is 16.8 Å². The third-order valence-electron chi connectivity index (χ3n) is 4.97. The summed E-state index contributed by atoms with van der Waals surface area (Å²) in [4.78, 5) is 96.4. The molecule has 225 valence electrons. The van der Waals surface area contributed by atoms with Crippen molar-refractivity contribution in [1.82, 2.24) is 0 Å². The molecular weight excluding hydrogens is 611 g/mol. The summed E-state index contributed by atoms with van der Waals surface area (Å²) in [6, 6.07) is 24.3. The van der Waals surface area contributed by atoms with Gasteiger partial charge in [-0.3, -0.25) is 28.8 Å². The van der Waals surface area contributed by atoms with Crippen molar-refractivity contribution in [3.63, 3.8) is 0 Å². The van der Waals surface area contributed by atoms with Crippen LogP contribution in [0.15, 0.2) is 91.0 Å². The van der Waals surface area contributed by atoms with E-state index in [9.17, 15) is 43.2 Å². The fourth-order valence-electron chi connectivity index (χ4n) is 2.84. The van der Waals surface area contributed by atoms with Crippen molar-refractivity contribution in [2.45, 2.75) is 19.3 Å². The van der Waals surface area contributed by atoms with Crippen LogP contribution in [-0.4, -0.2) is 67.9 Å². The van der Waals surface area contributed by atoms with Gasteiger partial charge in [0, 0.05) is 33.5 Å². The number of carbonyl (C=O) groups is 9. The summed E-state index contributed by atoms with van der Waals surface area (Å²) in [5.41, 5.74) is 1.05. The van der Waals surface area contributed by atoms with Crippen LogP contribution in [0.2, 0.25) is 0 Å². The average Bonchev–Trinajstić information content (AvgIpc) is 2.98. The van der Waals surface area contributed by atoms with E-state index in [1.807, 2.05) is 0 Å². The van der Waals surface area contributed by atoms with E-state index in [0.717, 1.165) is 0 Å². The summed E-state index contributed by atoms with van der Waals surface area (Å²) < 4.78 is 0. The summed E-state index contributed by atoms with van der Waals surface area (Å²) in [6.45, 7) is 0. The van der Waals surface area contributed by atoms with Crippen LogP contribution in [0, 0.1) is 0 Å². The first-order valence-corrected chi connectivity index (χ1v) is 11.9. The van der Waals surface area contributed by atoms with E-state index in [2.05, 4.69) is 0 Å². The summed E-state index contributed by atoms with van der Waals surface area (Å²) in [5, 5.41) is 24.8. The van der Waals surface area contributed by atoms with Gasteiger partial charge in [0.15, 0.2) is 17.3 Å². The molecule has 0 saturated heterocycles. The van der Waals surface area contributed by atoms with Crippen molar-refractivity contribution in [2.24, 2.45) is 0 Å². The van der Waals surface area contributed by atoms with Gasteiger partial charge in [0.1, 0.15) is 0 Å². The maximum absolute atomic E-state index is 11.3.